The lowest BCUT2D eigenvalue weighted by molar-refractivity contribution is -0.140. The van der Waals surface area contributed by atoms with Crippen LogP contribution in [0.5, 0.6) is 5.75 Å². The minimum atomic E-state index is -4.12. The quantitative estimate of drug-likeness (QED) is 0.382. The van der Waals surface area contributed by atoms with E-state index in [4.69, 9.17) is 4.74 Å². The first-order chi connectivity index (χ1) is 18.5. The number of nitrogens with zero attached hydrogens (tertiary/aromatic N) is 2. The van der Waals surface area contributed by atoms with Crippen LogP contribution in [0.1, 0.15) is 35.6 Å². The van der Waals surface area contributed by atoms with Gasteiger partial charge in [-0.05, 0) is 74.2 Å². The molecule has 2 amide bonds. The minimum absolute atomic E-state index is 0.0829. The van der Waals surface area contributed by atoms with E-state index in [2.05, 4.69) is 5.32 Å². The molecule has 3 rings (SSSR count). The van der Waals surface area contributed by atoms with Gasteiger partial charge in [0.15, 0.2) is 0 Å². The molecule has 1 N–H and O–H groups in total. The van der Waals surface area contributed by atoms with Gasteiger partial charge >= 0.3 is 0 Å². The Morgan fingerprint density at radius 2 is 1.62 bits per heavy atom. The highest BCUT2D eigenvalue weighted by Crippen LogP contribution is 2.29. The molecule has 0 bridgehead atoms. The molecule has 8 nitrogen and oxygen atoms in total. The number of ether oxygens (including phenoxy) is 1. The van der Waals surface area contributed by atoms with Gasteiger partial charge in [-0.25, -0.2) is 8.42 Å². The summed E-state index contributed by atoms with van der Waals surface area (Å²) in [4.78, 5) is 28.4. The van der Waals surface area contributed by atoms with E-state index in [1.165, 1.54) is 11.9 Å². The average molecular weight is 552 g/mol. The molecule has 0 aromatic heterocycles. The Morgan fingerprint density at radius 1 is 0.949 bits per heavy atom. The monoisotopic (exact) mass is 551 g/mol. The van der Waals surface area contributed by atoms with E-state index in [0.717, 1.165) is 21.0 Å². The Balaban J connectivity index is 2.11. The van der Waals surface area contributed by atoms with Crippen molar-refractivity contribution in [2.75, 3.05) is 25.0 Å². The van der Waals surface area contributed by atoms with Crippen LogP contribution in [0.4, 0.5) is 5.69 Å². The molecule has 0 aliphatic rings. The van der Waals surface area contributed by atoms with Crippen LogP contribution < -0.4 is 14.4 Å². The van der Waals surface area contributed by atoms with Crippen molar-refractivity contribution in [1.29, 1.82) is 0 Å². The number of amides is 2. The van der Waals surface area contributed by atoms with Gasteiger partial charge in [-0.2, -0.15) is 0 Å². The van der Waals surface area contributed by atoms with Crippen LogP contribution in [0.25, 0.3) is 0 Å². The van der Waals surface area contributed by atoms with Gasteiger partial charge in [0, 0.05) is 13.6 Å². The third-order valence-corrected chi connectivity index (χ3v) is 8.41. The number of hydrogen-bond acceptors (Lipinski definition) is 5. The summed E-state index contributed by atoms with van der Waals surface area (Å²) in [5.74, 6) is -0.204. The van der Waals surface area contributed by atoms with Crippen LogP contribution in [0, 0.1) is 20.8 Å². The lowest BCUT2D eigenvalue weighted by atomic mass is 10.1. The predicted molar refractivity (Wildman–Crippen MR) is 153 cm³/mol. The summed E-state index contributed by atoms with van der Waals surface area (Å²) >= 11 is 0. The number of benzene rings is 3. The van der Waals surface area contributed by atoms with Crippen LogP contribution in [-0.4, -0.2) is 51.9 Å². The van der Waals surface area contributed by atoms with Crippen molar-refractivity contribution in [2.45, 2.75) is 51.6 Å². The Hall–Kier alpha value is -3.85. The molecule has 9 heteroatoms. The Kier molecular flexibility index (Phi) is 9.75. The largest absolute Gasteiger partial charge is 0.497 e. The molecule has 0 aliphatic carbocycles. The third-order valence-electron chi connectivity index (χ3n) is 6.64. The molecule has 0 saturated carbocycles. The fraction of sp³-hybridized carbons (Fsp3) is 0.333. The van der Waals surface area contributed by atoms with Crippen LogP contribution in [0.2, 0.25) is 0 Å². The number of methoxy groups -OCH3 is 1. The predicted octanol–water partition coefficient (Wildman–Crippen LogP) is 4.37. The van der Waals surface area contributed by atoms with Crippen LogP contribution in [0.3, 0.4) is 0 Å². The third kappa shape index (κ3) is 6.97. The summed E-state index contributed by atoms with van der Waals surface area (Å²) in [6, 6.07) is 18.5. The zero-order valence-corrected chi connectivity index (χ0v) is 24.2. The number of likely N-dealkylation sites (N-methyl/N-ethyl adjacent to an activating group) is 1. The number of carbonyl (C=O) groups is 2. The zero-order valence-electron chi connectivity index (χ0n) is 23.4. The van der Waals surface area contributed by atoms with E-state index in [1.807, 2.05) is 52.0 Å². The normalized spacial score (nSPS) is 11.9. The molecular weight excluding hydrogens is 514 g/mol. The smallest absolute Gasteiger partial charge is 0.264 e. The SMILES string of the molecule is CCC(C(=O)NC)N(Cc1cccc(OC)c1)C(=O)CN(c1cc(C)ccc1C)S(=O)(=O)c1ccc(C)cc1. The molecule has 1 unspecified atom stereocenters. The highest BCUT2D eigenvalue weighted by atomic mass is 32.2. The summed E-state index contributed by atoms with van der Waals surface area (Å²) in [6.45, 7) is 7.00. The first-order valence-corrected chi connectivity index (χ1v) is 14.3. The minimum Gasteiger partial charge on any atom is -0.497 e. The van der Waals surface area contributed by atoms with Crippen molar-refractivity contribution in [3.05, 3.63) is 89.0 Å². The first kappa shape index (κ1) is 29.7. The van der Waals surface area contributed by atoms with E-state index in [-0.39, 0.29) is 17.3 Å². The van der Waals surface area contributed by atoms with Crippen molar-refractivity contribution in [3.8, 4) is 5.75 Å². The number of rotatable bonds is 11. The van der Waals surface area contributed by atoms with Crippen molar-refractivity contribution in [3.63, 3.8) is 0 Å². The maximum absolute atomic E-state index is 14.0. The van der Waals surface area contributed by atoms with Gasteiger partial charge in [0.1, 0.15) is 18.3 Å². The molecule has 1 atom stereocenters. The van der Waals surface area contributed by atoms with E-state index in [9.17, 15) is 18.0 Å². The lowest BCUT2D eigenvalue weighted by Gasteiger charge is -2.33. The Morgan fingerprint density at radius 3 is 2.23 bits per heavy atom. The number of nitrogens with one attached hydrogen (secondary N) is 1. The van der Waals surface area contributed by atoms with Gasteiger partial charge in [0.2, 0.25) is 11.8 Å². The standard InChI is InChI=1S/C30H37N3O5S/c1-7-27(30(35)31-5)32(19-24-9-8-10-25(18-24)38-6)29(34)20-33(28-17-22(3)11-14-23(28)4)39(36,37)26-15-12-21(2)13-16-26/h8-18,27H,7,19-20H2,1-6H3,(H,31,35). The molecule has 0 aliphatic heterocycles. The van der Waals surface area contributed by atoms with Gasteiger partial charge in [-0.1, -0.05) is 48.9 Å². The van der Waals surface area contributed by atoms with Crippen LogP contribution in [0.15, 0.2) is 71.6 Å². The van der Waals surface area contributed by atoms with Crippen LogP contribution in [-0.2, 0) is 26.2 Å². The summed E-state index contributed by atoms with van der Waals surface area (Å²) < 4.78 is 34.5. The average Bonchev–Trinajstić information content (AvgIpc) is 2.93. The fourth-order valence-corrected chi connectivity index (χ4v) is 5.86. The second-order valence-electron chi connectivity index (χ2n) is 9.53. The Labute approximate surface area is 231 Å². The number of anilines is 1. The molecule has 0 fully saturated rings. The molecule has 0 saturated heterocycles. The highest BCUT2D eigenvalue weighted by molar-refractivity contribution is 7.92. The topological polar surface area (TPSA) is 96.0 Å². The summed E-state index contributed by atoms with van der Waals surface area (Å²) in [5, 5.41) is 2.63. The van der Waals surface area contributed by atoms with Crippen molar-refractivity contribution in [2.24, 2.45) is 0 Å². The molecular formula is C30H37N3O5S. The van der Waals surface area contributed by atoms with Gasteiger partial charge < -0.3 is 15.0 Å². The van der Waals surface area contributed by atoms with Crippen molar-refractivity contribution < 1.29 is 22.7 Å². The van der Waals surface area contributed by atoms with E-state index >= 15 is 0 Å². The second kappa shape index (κ2) is 12.8. The van der Waals surface area contributed by atoms with E-state index in [0.29, 0.717) is 23.4 Å². The maximum Gasteiger partial charge on any atom is 0.264 e. The van der Waals surface area contributed by atoms with Gasteiger partial charge in [-0.15, -0.1) is 0 Å². The summed E-state index contributed by atoms with van der Waals surface area (Å²) in [7, 11) is -1.04. The molecule has 0 heterocycles. The fourth-order valence-electron chi connectivity index (χ4n) is 4.39. The van der Waals surface area contributed by atoms with E-state index in [1.54, 1.807) is 49.6 Å². The number of sulfonamides is 1. The van der Waals surface area contributed by atoms with Gasteiger partial charge in [0.05, 0.1) is 17.7 Å². The zero-order chi connectivity index (χ0) is 28.7. The molecule has 208 valence electrons. The van der Waals surface area contributed by atoms with Crippen LogP contribution >= 0.6 is 0 Å². The molecule has 0 radical (unpaired) electrons. The lowest BCUT2D eigenvalue weighted by Crippen LogP contribution is -2.51. The first-order valence-electron chi connectivity index (χ1n) is 12.8. The molecule has 39 heavy (non-hydrogen) atoms. The number of carbonyl (C=O) groups excluding carboxylic acids is 2. The summed E-state index contributed by atoms with van der Waals surface area (Å²) in [5.41, 5.74) is 3.66. The molecule has 0 spiro atoms. The van der Waals surface area contributed by atoms with Crippen molar-refractivity contribution in [1.82, 2.24) is 10.2 Å². The second-order valence-corrected chi connectivity index (χ2v) is 11.4. The number of hydrogen-bond donors (Lipinski definition) is 1. The Bertz CT molecular complexity index is 1420. The molecule has 3 aromatic rings. The van der Waals surface area contributed by atoms with Crippen molar-refractivity contribution >= 4 is 27.5 Å². The van der Waals surface area contributed by atoms with Gasteiger partial charge in [0.25, 0.3) is 10.0 Å². The number of aryl methyl sites for hydroxylation is 3. The molecule has 3 aromatic carbocycles. The van der Waals surface area contributed by atoms with Gasteiger partial charge in [-0.3, -0.25) is 13.9 Å². The van der Waals surface area contributed by atoms with E-state index < -0.39 is 28.5 Å². The highest BCUT2D eigenvalue weighted by Gasteiger charge is 2.34. The maximum atomic E-state index is 14.0. The summed E-state index contributed by atoms with van der Waals surface area (Å²) in [6.07, 6.45) is 0.351.